The van der Waals surface area contributed by atoms with Gasteiger partial charge in [-0.2, -0.15) is 5.10 Å². The van der Waals surface area contributed by atoms with E-state index in [2.05, 4.69) is 30.6 Å². The van der Waals surface area contributed by atoms with Crippen molar-refractivity contribution in [3.63, 3.8) is 0 Å². The maximum atomic E-state index is 6.37. The summed E-state index contributed by atoms with van der Waals surface area (Å²) < 4.78 is 7.93. The van der Waals surface area contributed by atoms with Crippen molar-refractivity contribution in [2.45, 2.75) is 71.1 Å². The molecule has 1 aromatic rings. The fourth-order valence-electron chi connectivity index (χ4n) is 2.76. The summed E-state index contributed by atoms with van der Waals surface area (Å²) in [7, 11) is 0. The van der Waals surface area contributed by atoms with Crippen LogP contribution in [0.1, 0.15) is 55.4 Å². The molecule has 1 aliphatic heterocycles. The van der Waals surface area contributed by atoms with Crippen LogP contribution in [-0.4, -0.2) is 22.0 Å². The van der Waals surface area contributed by atoms with Crippen LogP contribution in [0.2, 0.25) is 0 Å². The molecule has 1 saturated heterocycles. The zero-order chi connectivity index (χ0) is 13.3. The van der Waals surface area contributed by atoms with Crippen LogP contribution in [0, 0.1) is 13.8 Å². The Hall–Kier alpha value is -0.540. The number of hydrogen-bond acceptors (Lipinski definition) is 2. The normalized spacial score (nSPS) is 25.6. The Morgan fingerprint density at radius 1 is 1.44 bits per heavy atom. The van der Waals surface area contributed by atoms with E-state index in [0.717, 1.165) is 31.5 Å². The summed E-state index contributed by atoms with van der Waals surface area (Å²) in [5.74, 6) is 0. The summed E-state index contributed by atoms with van der Waals surface area (Å²) >= 11 is 6.37. The Morgan fingerprint density at radius 2 is 2.17 bits per heavy atom. The third-order valence-corrected chi connectivity index (χ3v) is 4.33. The van der Waals surface area contributed by atoms with Crippen molar-refractivity contribution in [3.8, 4) is 0 Å². The molecular weight excluding hydrogens is 248 g/mol. The van der Waals surface area contributed by atoms with Gasteiger partial charge < -0.3 is 4.74 Å². The highest BCUT2D eigenvalue weighted by Crippen LogP contribution is 2.30. The number of rotatable bonds is 4. The minimum absolute atomic E-state index is 0.0715. The molecule has 4 heteroatoms. The van der Waals surface area contributed by atoms with Gasteiger partial charge in [0.1, 0.15) is 0 Å². The number of alkyl halides is 1. The van der Waals surface area contributed by atoms with Crippen LogP contribution in [0.4, 0.5) is 0 Å². The molecule has 0 radical (unpaired) electrons. The summed E-state index contributed by atoms with van der Waals surface area (Å²) in [6.07, 6.45) is 3.92. The number of ether oxygens (including phenoxy) is 1. The van der Waals surface area contributed by atoms with Crippen molar-refractivity contribution < 1.29 is 4.74 Å². The molecule has 2 rings (SSSR count). The van der Waals surface area contributed by atoms with Crippen molar-refractivity contribution in [3.05, 3.63) is 17.0 Å². The van der Waals surface area contributed by atoms with Gasteiger partial charge in [-0.15, -0.1) is 11.6 Å². The molecule has 0 saturated carbocycles. The van der Waals surface area contributed by atoms with Crippen LogP contribution in [-0.2, 0) is 11.3 Å². The standard InChI is InChI=1S/C14H23ClN2O/c1-5-13(15)14-10(3)16-17(11(14)4)8-12-7-6-9(2)18-12/h9,12-13H,5-8H2,1-4H3. The van der Waals surface area contributed by atoms with E-state index in [0.29, 0.717) is 12.2 Å². The second kappa shape index (κ2) is 5.62. The highest BCUT2D eigenvalue weighted by molar-refractivity contribution is 6.20. The topological polar surface area (TPSA) is 27.1 Å². The van der Waals surface area contributed by atoms with Crippen molar-refractivity contribution in [1.82, 2.24) is 9.78 Å². The minimum Gasteiger partial charge on any atom is -0.373 e. The Morgan fingerprint density at radius 3 is 2.72 bits per heavy atom. The summed E-state index contributed by atoms with van der Waals surface area (Å²) in [5.41, 5.74) is 3.45. The first-order chi connectivity index (χ1) is 8.52. The molecule has 1 fully saturated rings. The van der Waals surface area contributed by atoms with Crippen LogP contribution in [0.15, 0.2) is 0 Å². The van der Waals surface area contributed by atoms with Crippen LogP contribution in [0.5, 0.6) is 0 Å². The number of aromatic nitrogens is 2. The van der Waals surface area contributed by atoms with E-state index in [9.17, 15) is 0 Å². The lowest BCUT2D eigenvalue weighted by atomic mass is 10.1. The molecule has 0 aromatic carbocycles. The quantitative estimate of drug-likeness (QED) is 0.779. The van der Waals surface area contributed by atoms with E-state index in [-0.39, 0.29) is 5.38 Å². The first kappa shape index (κ1) is 13.9. The number of nitrogens with zero attached hydrogens (tertiary/aromatic N) is 2. The van der Waals surface area contributed by atoms with Crippen molar-refractivity contribution >= 4 is 11.6 Å². The number of halogens is 1. The van der Waals surface area contributed by atoms with Crippen LogP contribution < -0.4 is 0 Å². The van der Waals surface area contributed by atoms with Gasteiger partial charge in [-0.05, 0) is 40.0 Å². The molecule has 2 heterocycles. The molecular formula is C14H23ClN2O. The van der Waals surface area contributed by atoms with Crippen molar-refractivity contribution in [2.75, 3.05) is 0 Å². The highest BCUT2D eigenvalue weighted by Gasteiger charge is 2.24. The first-order valence-corrected chi connectivity index (χ1v) is 7.30. The predicted octanol–water partition coefficient (Wildman–Crippen LogP) is 3.76. The molecule has 0 amide bonds. The van der Waals surface area contributed by atoms with E-state index in [1.165, 1.54) is 11.3 Å². The first-order valence-electron chi connectivity index (χ1n) is 6.86. The number of hydrogen-bond donors (Lipinski definition) is 0. The maximum absolute atomic E-state index is 6.37. The molecule has 3 unspecified atom stereocenters. The Balaban J connectivity index is 2.14. The van der Waals surface area contributed by atoms with Gasteiger partial charge in [-0.3, -0.25) is 4.68 Å². The van der Waals surface area contributed by atoms with Gasteiger partial charge in [-0.25, -0.2) is 0 Å². The van der Waals surface area contributed by atoms with Crippen molar-refractivity contribution in [1.29, 1.82) is 0 Å². The summed E-state index contributed by atoms with van der Waals surface area (Å²) in [4.78, 5) is 0. The fraction of sp³-hybridized carbons (Fsp3) is 0.786. The highest BCUT2D eigenvalue weighted by atomic mass is 35.5. The second-order valence-corrected chi connectivity index (χ2v) is 5.82. The van der Waals surface area contributed by atoms with Crippen molar-refractivity contribution in [2.24, 2.45) is 0 Å². The van der Waals surface area contributed by atoms with E-state index in [1.54, 1.807) is 0 Å². The lowest BCUT2D eigenvalue weighted by Gasteiger charge is -2.13. The third-order valence-electron chi connectivity index (χ3n) is 3.81. The maximum Gasteiger partial charge on any atom is 0.0775 e. The lowest BCUT2D eigenvalue weighted by Crippen LogP contribution is -2.18. The predicted molar refractivity (Wildman–Crippen MR) is 74.2 cm³/mol. The van der Waals surface area contributed by atoms with Gasteiger partial charge in [-0.1, -0.05) is 6.92 Å². The zero-order valence-electron chi connectivity index (χ0n) is 11.7. The van der Waals surface area contributed by atoms with Crippen LogP contribution in [0.25, 0.3) is 0 Å². The van der Waals surface area contributed by atoms with Gasteiger partial charge >= 0.3 is 0 Å². The van der Waals surface area contributed by atoms with E-state index in [4.69, 9.17) is 16.3 Å². The minimum atomic E-state index is 0.0715. The molecule has 1 aliphatic rings. The van der Waals surface area contributed by atoms with E-state index < -0.39 is 0 Å². The summed E-state index contributed by atoms with van der Waals surface area (Å²) in [6.45, 7) is 9.25. The monoisotopic (exact) mass is 270 g/mol. The molecule has 102 valence electrons. The SMILES string of the molecule is CCC(Cl)c1c(C)nn(CC2CCC(C)O2)c1C. The van der Waals surface area contributed by atoms with Gasteiger partial charge in [0.2, 0.25) is 0 Å². The van der Waals surface area contributed by atoms with Crippen LogP contribution >= 0.6 is 11.6 Å². The smallest absolute Gasteiger partial charge is 0.0775 e. The average molecular weight is 271 g/mol. The number of aryl methyl sites for hydroxylation is 1. The zero-order valence-corrected chi connectivity index (χ0v) is 12.5. The molecule has 0 aliphatic carbocycles. The van der Waals surface area contributed by atoms with Crippen LogP contribution in [0.3, 0.4) is 0 Å². The Labute approximate surface area is 114 Å². The molecule has 3 atom stereocenters. The van der Waals surface area contributed by atoms with E-state index in [1.807, 2.05) is 6.92 Å². The third kappa shape index (κ3) is 2.72. The average Bonchev–Trinajstić information content (AvgIpc) is 2.84. The molecule has 18 heavy (non-hydrogen) atoms. The fourth-order valence-corrected chi connectivity index (χ4v) is 3.07. The lowest BCUT2D eigenvalue weighted by molar-refractivity contribution is 0.0433. The summed E-state index contributed by atoms with van der Waals surface area (Å²) in [6, 6.07) is 0. The van der Waals surface area contributed by atoms with Gasteiger partial charge in [0.05, 0.1) is 29.8 Å². The molecule has 0 N–H and O–H groups in total. The van der Waals surface area contributed by atoms with Gasteiger partial charge in [0.15, 0.2) is 0 Å². The molecule has 3 nitrogen and oxygen atoms in total. The Kier molecular flexibility index (Phi) is 4.33. The second-order valence-electron chi connectivity index (χ2n) is 5.29. The molecule has 0 bridgehead atoms. The Bertz CT molecular complexity index is 416. The molecule has 1 aromatic heterocycles. The largest absolute Gasteiger partial charge is 0.373 e. The summed E-state index contributed by atoms with van der Waals surface area (Å²) in [5, 5.41) is 4.69. The molecule has 0 spiro atoms. The van der Waals surface area contributed by atoms with E-state index >= 15 is 0 Å². The van der Waals surface area contributed by atoms with Gasteiger partial charge in [0, 0.05) is 11.3 Å². The van der Waals surface area contributed by atoms with Gasteiger partial charge in [0.25, 0.3) is 0 Å².